The standard InChI is InChI=1S/C22H24FN3O2/c1-13-11-16(7-9-19(13)26-14(2)5-6-15(26)3)22-24-21(25-28-22)18-12-17(23)8-10-20(18)27-4/h7-12,14-15H,5-6H2,1-4H3. The van der Waals surface area contributed by atoms with E-state index in [1.165, 1.54) is 43.3 Å². The lowest BCUT2D eigenvalue weighted by Gasteiger charge is -2.30. The second-order valence-corrected chi connectivity index (χ2v) is 7.45. The van der Waals surface area contributed by atoms with Crippen LogP contribution in [0.5, 0.6) is 5.75 Å². The van der Waals surface area contributed by atoms with Gasteiger partial charge < -0.3 is 14.2 Å². The fraction of sp³-hybridized carbons (Fsp3) is 0.364. The molecule has 0 radical (unpaired) electrons. The van der Waals surface area contributed by atoms with Crippen molar-refractivity contribution in [1.82, 2.24) is 10.1 Å². The topological polar surface area (TPSA) is 51.4 Å². The number of aromatic nitrogens is 2. The van der Waals surface area contributed by atoms with Crippen molar-refractivity contribution in [2.75, 3.05) is 12.0 Å². The van der Waals surface area contributed by atoms with E-state index in [9.17, 15) is 4.39 Å². The van der Waals surface area contributed by atoms with Gasteiger partial charge in [-0.25, -0.2) is 4.39 Å². The van der Waals surface area contributed by atoms with E-state index in [4.69, 9.17) is 9.26 Å². The molecule has 0 spiro atoms. The quantitative estimate of drug-likeness (QED) is 0.619. The second kappa shape index (κ2) is 7.26. The highest BCUT2D eigenvalue weighted by molar-refractivity contribution is 5.68. The zero-order chi connectivity index (χ0) is 19.8. The molecule has 2 unspecified atom stereocenters. The third kappa shape index (κ3) is 3.23. The Labute approximate surface area is 164 Å². The first-order chi connectivity index (χ1) is 13.5. The highest BCUT2D eigenvalue weighted by atomic mass is 19.1. The first kappa shape index (κ1) is 18.5. The molecular formula is C22H24FN3O2. The first-order valence-corrected chi connectivity index (χ1v) is 9.55. The van der Waals surface area contributed by atoms with Crippen LogP contribution in [0.25, 0.3) is 22.8 Å². The van der Waals surface area contributed by atoms with E-state index in [0.29, 0.717) is 35.1 Å². The van der Waals surface area contributed by atoms with Crippen molar-refractivity contribution in [3.05, 3.63) is 47.8 Å². The lowest BCUT2D eigenvalue weighted by molar-refractivity contribution is 0.412. The fourth-order valence-electron chi connectivity index (χ4n) is 4.05. The number of aryl methyl sites for hydroxylation is 1. The van der Waals surface area contributed by atoms with Crippen LogP contribution in [0.3, 0.4) is 0 Å². The van der Waals surface area contributed by atoms with Crippen LogP contribution >= 0.6 is 0 Å². The van der Waals surface area contributed by atoms with Gasteiger partial charge >= 0.3 is 0 Å². The average Bonchev–Trinajstić information content (AvgIpc) is 3.29. The Morgan fingerprint density at radius 2 is 1.86 bits per heavy atom. The number of anilines is 1. The molecule has 1 aromatic heterocycles. The summed E-state index contributed by atoms with van der Waals surface area (Å²) in [4.78, 5) is 6.94. The molecule has 0 N–H and O–H groups in total. The van der Waals surface area contributed by atoms with Crippen molar-refractivity contribution in [1.29, 1.82) is 0 Å². The number of halogens is 1. The molecule has 2 heterocycles. The number of hydrogen-bond donors (Lipinski definition) is 0. The molecule has 0 bridgehead atoms. The molecule has 1 aliphatic rings. The SMILES string of the molecule is COc1ccc(F)cc1-c1noc(-c2ccc(N3C(C)CCC3C)c(C)c2)n1. The van der Waals surface area contributed by atoms with Crippen molar-refractivity contribution in [3.63, 3.8) is 0 Å². The van der Waals surface area contributed by atoms with Gasteiger partial charge in [0.1, 0.15) is 11.6 Å². The smallest absolute Gasteiger partial charge is 0.258 e. The van der Waals surface area contributed by atoms with Crippen LogP contribution in [-0.2, 0) is 0 Å². The Morgan fingerprint density at radius 3 is 2.54 bits per heavy atom. The molecule has 0 amide bonds. The molecule has 0 aliphatic carbocycles. The van der Waals surface area contributed by atoms with Gasteiger partial charge in [0, 0.05) is 23.3 Å². The third-order valence-corrected chi connectivity index (χ3v) is 5.50. The van der Waals surface area contributed by atoms with Gasteiger partial charge in [-0.2, -0.15) is 4.98 Å². The second-order valence-electron chi connectivity index (χ2n) is 7.45. The van der Waals surface area contributed by atoms with Crippen LogP contribution in [0.1, 0.15) is 32.3 Å². The summed E-state index contributed by atoms with van der Waals surface area (Å²) in [5.74, 6) is 0.821. The molecule has 0 saturated carbocycles. The van der Waals surface area contributed by atoms with Crippen LogP contribution in [0.15, 0.2) is 40.9 Å². The number of hydrogen-bond acceptors (Lipinski definition) is 5. The van der Waals surface area contributed by atoms with Gasteiger partial charge in [0.25, 0.3) is 5.89 Å². The Balaban J connectivity index is 1.66. The van der Waals surface area contributed by atoms with E-state index >= 15 is 0 Å². The van der Waals surface area contributed by atoms with Gasteiger partial charge in [-0.1, -0.05) is 5.16 Å². The van der Waals surface area contributed by atoms with Gasteiger partial charge in [-0.05, 0) is 75.6 Å². The summed E-state index contributed by atoms with van der Waals surface area (Å²) >= 11 is 0. The monoisotopic (exact) mass is 381 g/mol. The average molecular weight is 381 g/mol. The predicted octanol–water partition coefficient (Wildman–Crippen LogP) is 5.24. The van der Waals surface area contributed by atoms with Crippen LogP contribution in [0.4, 0.5) is 10.1 Å². The molecule has 1 saturated heterocycles. The first-order valence-electron chi connectivity index (χ1n) is 9.55. The highest BCUT2D eigenvalue weighted by Crippen LogP contribution is 2.35. The fourth-order valence-corrected chi connectivity index (χ4v) is 4.05. The van der Waals surface area contributed by atoms with Crippen molar-refractivity contribution >= 4 is 5.69 Å². The number of rotatable bonds is 4. The Morgan fingerprint density at radius 1 is 1.11 bits per heavy atom. The molecule has 3 aromatic rings. The number of benzene rings is 2. The molecule has 146 valence electrons. The van der Waals surface area contributed by atoms with Gasteiger partial charge in [0.2, 0.25) is 5.82 Å². The van der Waals surface area contributed by atoms with Crippen LogP contribution in [-0.4, -0.2) is 29.3 Å². The Bertz CT molecular complexity index is 991. The van der Waals surface area contributed by atoms with Gasteiger partial charge in [-0.15, -0.1) is 0 Å². The summed E-state index contributed by atoms with van der Waals surface area (Å²) < 4.78 is 24.4. The Hall–Kier alpha value is -2.89. The van der Waals surface area contributed by atoms with Gasteiger partial charge in [0.05, 0.1) is 12.7 Å². The number of ether oxygens (including phenoxy) is 1. The summed E-state index contributed by atoms with van der Waals surface area (Å²) in [7, 11) is 1.53. The predicted molar refractivity (Wildman–Crippen MR) is 107 cm³/mol. The minimum Gasteiger partial charge on any atom is -0.496 e. The maximum absolute atomic E-state index is 13.7. The molecule has 1 aliphatic heterocycles. The zero-order valence-electron chi connectivity index (χ0n) is 16.6. The normalized spacial score (nSPS) is 19.2. The van der Waals surface area contributed by atoms with Crippen LogP contribution in [0, 0.1) is 12.7 Å². The molecular weight excluding hydrogens is 357 g/mol. The van der Waals surface area contributed by atoms with Crippen molar-refractivity contribution in [2.45, 2.75) is 45.7 Å². The Kier molecular flexibility index (Phi) is 4.79. The maximum Gasteiger partial charge on any atom is 0.258 e. The van der Waals surface area contributed by atoms with E-state index < -0.39 is 0 Å². The summed E-state index contributed by atoms with van der Waals surface area (Å²) in [5.41, 5.74) is 3.72. The minimum atomic E-state index is -0.379. The molecule has 4 rings (SSSR count). The maximum atomic E-state index is 13.7. The van der Waals surface area contributed by atoms with Gasteiger partial charge in [-0.3, -0.25) is 0 Å². The number of nitrogens with zero attached hydrogens (tertiary/aromatic N) is 3. The van der Waals surface area contributed by atoms with E-state index in [-0.39, 0.29) is 5.82 Å². The summed E-state index contributed by atoms with van der Waals surface area (Å²) in [6.07, 6.45) is 2.43. The molecule has 1 fully saturated rings. The van der Waals surface area contributed by atoms with Crippen LogP contribution < -0.4 is 9.64 Å². The third-order valence-electron chi connectivity index (χ3n) is 5.50. The number of methoxy groups -OCH3 is 1. The summed E-state index contributed by atoms with van der Waals surface area (Å²) in [6, 6.07) is 11.5. The van der Waals surface area contributed by atoms with Crippen molar-refractivity contribution in [3.8, 4) is 28.6 Å². The lowest BCUT2D eigenvalue weighted by atomic mass is 10.1. The van der Waals surface area contributed by atoms with Crippen LogP contribution in [0.2, 0.25) is 0 Å². The van der Waals surface area contributed by atoms with E-state index in [1.807, 2.05) is 6.07 Å². The van der Waals surface area contributed by atoms with E-state index in [0.717, 1.165) is 5.56 Å². The summed E-state index contributed by atoms with van der Waals surface area (Å²) in [6.45, 7) is 6.64. The molecule has 5 nitrogen and oxygen atoms in total. The summed E-state index contributed by atoms with van der Waals surface area (Å²) in [5, 5.41) is 4.02. The van der Waals surface area contributed by atoms with Crippen molar-refractivity contribution < 1.29 is 13.7 Å². The van der Waals surface area contributed by atoms with E-state index in [2.05, 4.69) is 47.9 Å². The lowest BCUT2D eigenvalue weighted by Crippen LogP contribution is -2.33. The van der Waals surface area contributed by atoms with Crippen molar-refractivity contribution in [2.24, 2.45) is 0 Å². The molecule has 28 heavy (non-hydrogen) atoms. The minimum absolute atomic E-state index is 0.301. The molecule has 2 aromatic carbocycles. The zero-order valence-corrected chi connectivity index (χ0v) is 16.6. The largest absolute Gasteiger partial charge is 0.496 e. The molecule has 2 atom stereocenters. The highest BCUT2D eigenvalue weighted by Gasteiger charge is 2.28. The van der Waals surface area contributed by atoms with E-state index in [1.54, 1.807) is 6.07 Å². The molecule has 6 heteroatoms. The van der Waals surface area contributed by atoms with Gasteiger partial charge in [0.15, 0.2) is 0 Å².